The van der Waals surface area contributed by atoms with Crippen LogP contribution in [0.15, 0.2) is 34.5 Å². The summed E-state index contributed by atoms with van der Waals surface area (Å²) >= 11 is 5.89. The maximum absolute atomic E-state index is 13.2. The van der Waals surface area contributed by atoms with Crippen molar-refractivity contribution in [1.82, 2.24) is 0 Å². The van der Waals surface area contributed by atoms with Gasteiger partial charge in [-0.25, -0.2) is 4.39 Å². The van der Waals surface area contributed by atoms with E-state index in [0.717, 1.165) is 0 Å². The van der Waals surface area contributed by atoms with E-state index in [1.54, 1.807) is 31.3 Å². The van der Waals surface area contributed by atoms with Gasteiger partial charge in [-0.05, 0) is 19.2 Å². The molecule has 1 aromatic carbocycles. The molecule has 0 saturated heterocycles. The Kier molecular flexibility index (Phi) is 4.65. The fourth-order valence-corrected chi connectivity index (χ4v) is 1.77. The summed E-state index contributed by atoms with van der Waals surface area (Å²) in [5.41, 5.74) is 5.76. The van der Waals surface area contributed by atoms with Crippen molar-refractivity contribution < 1.29 is 8.82 Å². The molecule has 92 valence electrons. The molecule has 0 amide bonds. The molecule has 0 aliphatic rings. The van der Waals surface area contributed by atoms with Gasteiger partial charge in [0, 0.05) is 5.56 Å². The molecule has 1 aromatic rings. The predicted molar refractivity (Wildman–Crippen MR) is 70.0 cm³/mol. The summed E-state index contributed by atoms with van der Waals surface area (Å²) in [4.78, 5) is 0. The summed E-state index contributed by atoms with van der Waals surface area (Å²) in [5, 5.41) is 7.19. The van der Waals surface area contributed by atoms with Gasteiger partial charge in [0.15, 0.2) is 0 Å². The molecule has 0 aromatic heterocycles. The molecule has 0 fully saturated rings. The summed E-state index contributed by atoms with van der Waals surface area (Å²) < 4.78 is 18.3. The molecule has 4 nitrogen and oxygen atoms in total. The fourth-order valence-electron chi connectivity index (χ4n) is 0.997. The monoisotopic (exact) mass is 273 g/mol. The second-order valence-electron chi connectivity index (χ2n) is 3.67. The third kappa shape index (κ3) is 5.46. The van der Waals surface area contributed by atoms with Crippen LogP contribution in [0.1, 0.15) is 5.56 Å². The van der Waals surface area contributed by atoms with E-state index in [-0.39, 0.29) is 11.8 Å². The lowest BCUT2D eigenvalue weighted by Gasteiger charge is -2.13. The second kappa shape index (κ2) is 5.79. The van der Waals surface area contributed by atoms with Gasteiger partial charge >= 0.3 is 7.63 Å². The average molecular weight is 274 g/mol. The first-order valence-electron chi connectivity index (χ1n) is 4.87. The van der Waals surface area contributed by atoms with Crippen LogP contribution in [0.25, 0.3) is 0 Å². The molecule has 0 heterocycles. The first-order chi connectivity index (χ1) is 7.88. The normalized spacial score (nSPS) is 13.1. The van der Waals surface area contributed by atoms with Gasteiger partial charge in [0.2, 0.25) is 0 Å². The lowest BCUT2D eigenvalue weighted by Crippen LogP contribution is -2.31. The predicted octanol–water partition coefficient (Wildman–Crippen LogP) is 2.43. The molecular weight excluding hydrogens is 261 g/mol. The minimum atomic E-state index is -2.29. The summed E-state index contributed by atoms with van der Waals surface area (Å²) in [5.74, 6) is -0.377. The standard InChI is InChI=1S/C10H13ClFN3OSi/c1-17(2,11)16-10(13)15-14-7-8-5-3-4-6-9(8)12/h3-7H,1-2H3,(H2,13,15)/b14-7+. The van der Waals surface area contributed by atoms with Crippen LogP contribution in [-0.2, 0) is 4.43 Å². The SMILES string of the molecule is C[Si](C)(Cl)O/C(N)=N/N=C/c1ccccc1F. The van der Waals surface area contributed by atoms with Crippen molar-refractivity contribution in [3.05, 3.63) is 35.6 Å². The van der Waals surface area contributed by atoms with Gasteiger partial charge in [0.05, 0.1) is 6.21 Å². The molecule has 0 aliphatic heterocycles. The molecular formula is C10H13ClFN3OSi. The van der Waals surface area contributed by atoms with Crippen LogP contribution in [0.5, 0.6) is 0 Å². The Balaban J connectivity index is 2.67. The average Bonchev–Trinajstić information content (AvgIpc) is 2.18. The highest BCUT2D eigenvalue weighted by atomic mass is 35.6. The lowest BCUT2D eigenvalue weighted by atomic mass is 10.2. The van der Waals surface area contributed by atoms with Gasteiger partial charge < -0.3 is 10.2 Å². The Morgan fingerprint density at radius 1 is 1.47 bits per heavy atom. The second-order valence-corrected chi connectivity index (χ2v) is 9.33. The lowest BCUT2D eigenvalue weighted by molar-refractivity contribution is 0.554. The Morgan fingerprint density at radius 2 is 2.12 bits per heavy atom. The minimum absolute atomic E-state index is 0.121. The van der Waals surface area contributed by atoms with Crippen LogP contribution in [0.4, 0.5) is 4.39 Å². The third-order valence-corrected chi connectivity index (χ3v) is 2.53. The van der Waals surface area contributed by atoms with E-state index in [9.17, 15) is 4.39 Å². The van der Waals surface area contributed by atoms with Crippen molar-refractivity contribution in [1.29, 1.82) is 0 Å². The molecule has 0 aliphatic carbocycles. The zero-order chi connectivity index (χ0) is 12.9. The smallest absolute Gasteiger partial charge is 0.345 e. The molecule has 0 spiro atoms. The Bertz CT molecular complexity index is 445. The zero-order valence-corrected chi connectivity index (χ0v) is 11.3. The van der Waals surface area contributed by atoms with Crippen molar-refractivity contribution in [3.8, 4) is 0 Å². The highest BCUT2D eigenvalue weighted by Crippen LogP contribution is 2.08. The third-order valence-electron chi connectivity index (χ3n) is 1.61. The van der Waals surface area contributed by atoms with Gasteiger partial charge in [-0.15, -0.1) is 11.1 Å². The summed E-state index contributed by atoms with van der Waals surface area (Å²) in [7, 11) is -2.29. The zero-order valence-electron chi connectivity index (χ0n) is 9.52. The maximum atomic E-state index is 13.2. The number of rotatable bonds is 3. The van der Waals surface area contributed by atoms with E-state index < -0.39 is 7.63 Å². The summed E-state index contributed by atoms with van der Waals surface area (Å²) in [6, 6.07) is 6.08. The number of hydrogen-bond donors (Lipinski definition) is 1. The van der Waals surface area contributed by atoms with Crippen molar-refractivity contribution >= 4 is 30.9 Å². The van der Waals surface area contributed by atoms with Crippen LogP contribution in [0.3, 0.4) is 0 Å². The van der Waals surface area contributed by atoms with Gasteiger partial charge in [-0.2, -0.15) is 5.10 Å². The topological polar surface area (TPSA) is 60.0 Å². The summed E-state index contributed by atoms with van der Waals surface area (Å²) in [6.45, 7) is 3.50. The molecule has 0 unspecified atom stereocenters. The molecule has 17 heavy (non-hydrogen) atoms. The highest BCUT2D eigenvalue weighted by Gasteiger charge is 2.21. The number of halogens is 2. The van der Waals surface area contributed by atoms with Crippen LogP contribution in [0.2, 0.25) is 13.1 Å². The number of benzene rings is 1. The maximum Gasteiger partial charge on any atom is 0.345 e. The van der Waals surface area contributed by atoms with Crippen LogP contribution in [-0.4, -0.2) is 19.9 Å². The highest BCUT2D eigenvalue weighted by molar-refractivity contribution is 7.15. The van der Waals surface area contributed by atoms with Crippen LogP contribution < -0.4 is 5.73 Å². The fraction of sp³-hybridized carbons (Fsp3) is 0.200. The molecule has 0 saturated carbocycles. The van der Waals surface area contributed by atoms with Gasteiger partial charge in [-0.3, -0.25) is 0 Å². The Labute approximate surface area is 105 Å². The van der Waals surface area contributed by atoms with E-state index in [0.29, 0.717) is 5.56 Å². The van der Waals surface area contributed by atoms with Crippen molar-refractivity contribution in [2.24, 2.45) is 15.9 Å². The first kappa shape index (κ1) is 13.7. The van der Waals surface area contributed by atoms with Gasteiger partial charge in [0.1, 0.15) is 5.82 Å². The number of hydrogen-bond acceptors (Lipinski definition) is 3. The molecule has 0 bridgehead atoms. The number of nitrogens with zero attached hydrogens (tertiary/aromatic N) is 2. The number of nitrogens with two attached hydrogens (primary N) is 1. The van der Waals surface area contributed by atoms with Gasteiger partial charge in [0.25, 0.3) is 6.02 Å². The van der Waals surface area contributed by atoms with Gasteiger partial charge in [-0.1, -0.05) is 23.3 Å². The summed E-state index contributed by atoms with van der Waals surface area (Å²) in [6.07, 6.45) is 1.26. The number of amidine groups is 1. The van der Waals surface area contributed by atoms with E-state index in [1.165, 1.54) is 12.3 Å². The van der Waals surface area contributed by atoms with Crippen LogP contribution in [0, 0.1) is 5.82 Å². The molecule has 0 radical (unpaired) electrons. The quantitative estimate of drug-likeness (QED) is 0.302. The largest absolute Gasteiger partial charge is 0.503 e. The Hall–Kier alpha value is -1.40. The van der Waals surface area contributed by atoms with E-state index in [2.05, 4.69) is 10.2 Å². The minimum Gasteiger partial charge on any atom is -0.503 e. The van der Waals surface area contributed by atoms with Crippen molar-refractivity contribution in [3.63, 3.8) is 0 Å². The molecule has 0 atom stereocenters. The van der Waals surface area contributed by atoms with Crippen LogP contribution >= 0.6 is 11.1 Å². The van der Waals surface area contributed by atoms with Crippen molar-refractivity contribution in [2.45, 2.75) is 13.1 Å². The van der Waals surface area contributed by atoms with E-state index >= 15 is 0 Å². The van der Waals surface area contributed by atoms with E-state index in [4.69, 9.17) is 21.2 Å². The Morgan fingerprint density at radius 3 is 2.71 bits per heavy atom. The van der Waals surface area contributed by atoms with E-state index in [1.807, 2.05) is 0 Å². The molecule has 1 rings (SSSR count). The van der Waals surface area contributed by atoms with Crippen molar-refractivity contribution in [2.75, 3.05) is 0 Å². The molecule has 2 N–H and O–H groups in total. The molecule has 7 heteroatoms. The first-order valence-corrected chi connectivity index (χ1v) is 8.79.